The average Bonchev–Trinajstić information content (AvgIpc) is 2.38. The van der Waals surface area contributed by atoms with Crippen LogP contribution >= 0.6 is 0 Å². The smallest absolute Gasteiger partial charge is 0.0704 e. The molecule has 0 atom stereocenters. The second-order valence-corrected chi connectivity index (χ2v) is 4.69. The van der Waals surface area contributed by atoms with Crippen molar-refractivity contribution in [3.05, 3.63) is 42.1 Å². The van der Waals surface area contributed by atoms with Crippen LogP contribution in [0, 0.1) is 0 Å². The number of nitrogens with zero attached hydrogens (tertiary/aromatic N) is 1. The lowest BCUT2D eigenvalue weighted by Gasteiger charge is -2.03. The zero-order chi connectivity index (χ0) is 11.9. The van der Waals surface area contributed by atoms with E-state index in [9.17, 15) is 0 Å². The molecule has 17 heavy (non-hydrogen) atoms. The lowest BCUT2D eigenvalue weighted by molar-refractivity contribution is 0.632. The predicted molar refractivity (Wildman–Crippen MR) is 74.2 cm³/mol. The molecule has 1 heterocycles. The van der Waals surface area contributed by atoms with Crippen LogP contribution in [0.5, 0.6) is 0 Å². The number of hydrogen-bond acceptors (Lipinski definition) is 1. The molecule has 0 aliphatic rings. The molecule has 1 heteroatoms. The van der Waals surface area contributed by atoms with E-state index in [2.05, 4.69) is 36.2 Å². The molecule has 2 aromatic rings. The standard InChI is InChI=1S/C16H21N/c1-2-3-4-5-6-8-14-10-11-15-9-7-12-17-16(15)13-14/h7,9-13H,2-6,8H2,1H3. The molecule has 0 aliphatic heterocycles. The highest BCUT2D eigenvalue weighted by atomic mass is 14.6. The van der Waals surface area contributed by atoms with Crippen molar-refractivity contribution in [1.29, 1.82) is 0 Å². The molecule has 0 fully saturated rings. The van der Waals surface area contributed by atoms with Crippen molar-refractivity contribution in [3.8, 4) is 0 Å². The van der Waals surface area contributed by atoms with Gasteiger partial charge in [-0.3, -0.25) is 4.98 Å². The summed E-state index contributed by atoms with van der Waals surface area (Å²) < 4.78 is 0. The van der Waals surface area contributed by atoms with Crippen LogP contribution in [0.3, 0.4) is 0 Å². The zero-order valence-electron chi connectivity index (χ0n) is 10.7. The Kier molecular flexibility index (Phi) is 4.54. The van der Waals surface area contributed by atoms with Gasteiger partial charge in [0.15, 0.2) is 0 Å². The number of benzene rings is 1. The third kappa shape index (κ3) is 3.55. The molecule has 2 rings (SSSR count). The van der Waals surface area contributed by atoms with E-state index >= 15 is 0 Å². The molecule has 1 nitrogen and oxygen atoms in total. The summed E-state index contributed by atoms with van der Waals surface area (Å²) in [6.45, 7) is 2.26. The molecule has 0 aliphatic carbocycles. The third-order valence-electron chi connectivity index (χ3n) is 3.24. The number of aryl methyl sites for hydroxylation is 1. The lowest BCUT2D eigenvalue weighted by atomic mass is 10.0. The SMILES string of the molecule is CCCCCCCc1ccc2cccnc2c1. The first-order chi connectivity index (χ1) is 8.40. The van der Waals surface area contributed by atoms with E-state index in [4.69, 9.17) is 0 Å². The topological polar surface area (TPSA) is 12.9 Å². The maximum Gasteiger partial charge on any atom is 0.0704 e. The Hall–Kier alpha value is -1.37. The van der Waals surface area contributed by atoms with Gasteiger partial charge in [0.05, 0.1) is 5.52 Å². The van der Waals surface area contributed by atoms with Crippen molar-refractivity contribution < 1.29 is 0 Å². The maximum absolute atomic E-state index is 4.40. The van der Waals surface area contributed by atoms with Crippen LogP contribution in [0.1, 0.15) is 44.6 Å². The highest BCUT2D eigenvalue weighted by Crippen LogP contribution is 2.15. The van der Waals surface area contributed by atoms with Crippen LogP contribution in [0.2, 0.25) is 0 Å². The van der Waals surface area contributed by atoms with E-state index in [1.54, 1.807) is 0 Å². The van der Waals surface area contributed by atoms with Crippen molar-refractivity contribution in [3.63, 3.8) is 0 Å². The summed E-state index contributed by atoms with van der Waals surface area (Å²) in [6.07, 6.45) is 9.79. The Morgan fingerprint density at radius 3 is 2.76 bits per heavy atom. The van der Waals surface area contributed by atoms with Gasteiger partial charge in [-0.05, 0) is 30.5 Å². The van der Waals surface area contributed by atoms with Crippen LogP contribution in [-0.2, 0) is 6.42 Å². The van der Waals surface area contributed by atoms with Crippen LogP contribution in [-0.4, -0.2) is 4.98 Å². The van der Waals surface area contributed by atoms with Crippen LogP contribution in [0.25, 0.3) is 10.9 Å². The monoisotopic (exact) mass is 227 g/mol. The summed E-state index contributed by atoms with van der Waals surface area (Å²) >= 11 is 0. The molecule has 0 amide bonds. The Balaban J connectivity index is 1.90. The summed E-state index contributed by atoms with van der Waals surface area (Å²) in [5.74, 6) is 0. The highest BCUT2D eigenvalue weighted by Gasteiger charge is 1.97. The van der Waals surface area contributed by atoms with Gasteiger partial charge in [-0.15, -0.1) is 0 Å². The van der Waals surface area contributed by atoms with Crippen LogP contribution in [0.4, 0.5) is 0 Å². The molecule has 0 bridgehead atoms. The first-order valence-corrected chi connectivity index (χ1v) is 6.74. The maximum atomic E-state index is 4.40. The normalized spacial score (nSPS) is 10.9. The second kappa shape index (κ2) is 6.39. The Labute approximate surface area is 104 Å². The summed E-state index contributed by atoms with van der Waals surface area (Å²) in [7, 11) is 0. The number of rotatable bonds is 6. The Morgan fingerprint density at radius 1 is 1.00 bits per heavy atom. The number of unbranched alkanes of at least 4 members (excludes halogenated alkanes) is 4. The molecular formula is C16H21N. The van der Waals surface area contributed by atoms with E-state index in [1.165, 1.54) is 49.5 Å². The van der Waals surface area contributed by atoms with Crippen LogP contribution in [0.15, 0.2) is 36.5 Å². The van der Waals surface area contributed by atoms with E-state index in [0.29, 0.717) is 0 Å². The van der Waals surface area contributed by atoms with Gasteiger partial charge in [0.1, 0.15) is 0 Å². The largest absolute Gasteiger partial charge is 0.256 e. The molecule has 0 saturated heterocycles. The summed E-state index contributed by atoms with van der Waals surface area (Å²) in [4.78, 5) is 4.40. The van der Waals surface area contributed by atoms with Crippen molar-refractivity contribution >= 4 is 10.9 Å². The number of pyridine rings is 1. The van der Waals surface area contributed by atoms with Gasteiger partial charge in [-0.2, -0.15) is 0 Å². The van der Waals surface area contributed by atoms with Crippen molar-refractivity contribution in [1.82, 2.24) is 4.98 Å². The fraction of sp³-hybridized carbons (Fsp3) is 0.438. The molecule has 0 radical (unpaired) electrons. The van der Waals surface area contributed by atoms with Gasteiger partial charge in [0.25, 0.3) is 0 Å². The van der Waals surface area contributed by atoms with E-state index in [0.717, 1.165) is 5.52 Å². The van der Waals surface area contributed by atoms with Crippen molar-refractivity contribution in [2.45, 2.75) is 45.4 Å². The first kappa shape index (κ1) is 12.1. The van der Waals surface area contributed by atoms with Crippen LogP contribution < -0.4 is 0 Å². The van der Waals surface area contributed by atoms with Gasteiger partial charge >= 0.3 is 0 Å². The Bertz CT molecular complexity index is 462. The fourth-order valence-electron chi connectivity index (χ4n) is 2.20. The molecule has 1 aromatic carbocycles. The molecule has 1 aromatic heterocycles. The van der Waals surface area contributed by atoms with Gasteiger partial charge in [0, 0.05) is 11.6 Å². The third-order valence-corrected chi connectivity index (χ3v) is 3.24. The van der Waals surface area contributed by atoms with Crippen molar-refractivity contribution in [2.24, 2.45) is 0 Å². The highest BCUT2D eigenvalue weighted by molar-refractivity contribution is 5.78. The van der Waals surface area contributed by atoms with E-state index in [1.807, 2.05) is 12.3 Å². The first-order valence-electron chi connectivity index (χ1n) is 6.74. The average molecular weight is 227 g/mol. The molecule has 0 unspecified atom stereocenters. The molecule has 0 N–H and O–H groups in total. The minimum Gasteiger partial charge on any atom is -0.256 e. The summed E-state index contributed by atoms with van der Waals surface area (Å²) in [5, 5.41) is 1.24. The molecule has 0 saturated carbocycles. The number of aromatic nitrogens is 1. The van der Waals surface area contributed by atoms with Gasteiger partial charge < -0.3 is 0 Å². The van der Waals surface area contributed by atoms with Gasteiger partial charge in [-0.1, -0.05) is 50.8 Å². The summed E-state index contributed by atoms with van der Waals surface area (Å²) in [5.41, 5.74) is 2.55. The van der Waals surface area contributed by atoms with E-state index in [-0.39, 0.29) is 0 Å². The quantitative estimate of drug-likeness (QED) is 0.649. The van der Waals surface area contributed by atoms with Crippen molar-refractivity contribution in [2.75, 3.05) is 0 Å². The fourth-order valence-corrected chi connectivity index (χ4v) is 2.20. The second-order valence-electron chi connectivity index (χ2n) is 4.69. The Morgan fingerprint density at radius 2 is 1.88 bits per heavy atom. The molecule has 90 valence electrons. The number of fused-ring (bicyclic) bond motifs is 1. The molecular weight excluding hydrogens is 206 g/mol. The van der Waals surface area contributed by atoms with Gasteiger partial charge in [0.2, 0.25) is 0 Å². The van der Waals surface area contributed by atoms with Gasteiger partial charge in [-0.25, -0.2) is 0 Å². The minimum atomic E-state index is 1.12. The number of hydrogen-bond donors (Lipinski definition) is 0. The lowest BCUT2D eigenvalue weighted by Crippen LogP contribution is -1.87. The predicted octanol–water partition coefficient (Wildman–Crippen LogP) is 4.75. The summed E-state index contributed by atoms with van der Waals surface area (Å²) in [6, 6.07) is 10.8. The zero-order valence-corrected chi connectivity index (χ0v) is 10.7. The van der Waals surface area contributed by atoms with E-state index < -0.39 is 0 Å². The minimum absolute atomic E-state index is 1.12. The molecule has 0 spiro atoms.